The normalized spacial score (nSPS) is 14.4. The van der Waals surface area contributed by atoms with Crippen molar-refractivity contribution in [3.05, 3.63) is 84.3 Å². The molecule has 1 aliphatic carbocycles. The number of para-hydroxylation sites is 2. The summed E-state index contributed by atoms with van der Waals surface area (Å²) in [4.78, 5) is 2.22. The van der Waals surface area contributed by atoms with Gasteiger partial charge in [0.2, 0.25) is 5.88 Å². The Balaban J connectivity index is 1.64. The third-order valence-electron chi connectivity index (χ3n) is 5.79. The van der Waals surface area contributed by atoms with Gasteiger partial charge in [-0.3, -0.25) is 4.90 Å². The molecule has 1 N–H and O–H groups in total. The standard InChI is InChI=1S/C27H32FN3O3/c1-3-15-33-19-23(32)17-30(16-21-13-14-21)18-24-20(2)29-31(22-9-5-4-6-10-22)27(24)34-26-12-8-7-11-25(26)28/h3-12,21,23,32H,1,13-19H2,2H3/t23-/m0/s1. The molecule has 0 saturated heterocycles. The van der Waals surface area contributed by atoms with Crippen molar-refractivity contribution in [2.75, 3.05) is 26.3 Å². The minimum Gasteiger partial charge on any atom is -0.435 e. The first-order valence-electron chi connectivity index (χ1n) is 11.7. The Morgan fingerprint density at radius 1 is 1.21 bits per heavy atom. The Kier molecular flexibility index (Phi) is 8.11. The van der Waals surface area contributed by atoms with Gasteiger partial charge in [-0.2, -0.15) is 5.10 Å². The molecule has 1 aliphatic rings. The molecule has 6 nitrogen and oxygen atoms in total. The average Bonchev–Trinajstić information content (AvgIpc) is 3.60. The third kappa shape index (κ3) is 6.32. The van der Waals surface area contributed by atoms with E-state index in [1.165, 1.54) is 18.9 Å². The first-order valence-corrected chi connectivity index (χ1v) is 11.7. The zero-order valence-corrected chi connectivity index (χ0v) is 19.6. The van der Waals surface area contributed by atoms with Crippen molar-refractivity contribution >= 4 is 0 Å². The maximum absolute atomic E-state index is 14.5. The van der Waals surface area contributed by atoms with Gasteiger partial charge in [0, 0.05) is 19.6 Å². The fourth-order valence-electron chi connectivity index (χ4n) is 3.93. The van der Waals surface area contributed by atoms with Crippen LogP contribution >= 0.6 is 0 Å². The van der Waals surface area contributed by atoms with Gasteiger partial charge in [0.25, 0.3) is 0 Å². The summed E-state index contributed by atoms with van der Waals surface area (Å²) in [7, 11) is 0. The second kappa shape index (κ2) is 11.4. The van der Waals surface area contributed by atoms with Crippen LogP contribution in [-0.2, 0) is 11.3 Å². The number of aromatic nitrogens is 2. The molecule has 1 atom stereocenters. The number of benzene rings is 2. The van der Waals surface area contributed by atoms with Crippen molar-refractivity contribution in [2.45, 2.75) is 32.4 Å². The lowest BCUT2D eigenvalue weighted by atomic mass is 10.2. The minimum atomic E-state index is -0.626. The molecule has 1 fully saturated rings. The first-order chi connectivity index (χ1) is 16.5. The van der Waals surface area contributed by atoms with E-state index in [4.69, 9.17) is 14.6 Å². The molecule has 3 aromatic rings. The summed E-state index contributed by atoms with van der Waals surface area (Å²) in [5, 5.41) is 15.3. The molecule has 4 rings (SSSR count). The van der Waals surface area contributed by atoms with E-state index in [-0.39, 0.29) is 12.4 Å². The molecule has 1 aromatic heterocycles. The molecule has 1 heterocycles. The molecule has 1 saturated carbocycles. The van der Waals surface area contributed by atoms with Gasteiger partial charge in [-0.25, -0.2) is 9.07 Å². The van der Waals surface area contributed by atoms with Gasteiger partial charge in [-0.1, -0.05) is 36.4 Å². The van der Waals surface area contributed by atoms with Crippen LogP contribution in [-0.4, -0.2) is 52.2 Å². The highest BCUT2D eigenvalue weighted by molar-refractivity contribution is 5.43. The van der Waals surface area contributed by atoms with Gasteiger partial charge in [0.05, 0.1) is 36.3 Å². The van der Waals surface area contributed by atoms with Crippen molar-refractivity contribution in [1.82, 2.24) is 14.7 Å². The Hall–Kier alpha value is -3.00. The third-order valence-corrected chi connectivity index (χ3v) is 5.79. The topological polar surface area (TPSA) is 59.8 Å². The monoisotopic (exact) mass is 465 g/mol. The molecule has 0 bridgehead atoms. The van der Waals surface area contributed by atoms with Crippen LogP contribution in [0, 0.1) is 18.7 Å². The molecule has 0 unspecified atom stereocenters. The molecular formula is C27H32FN3O3. The average molecular weight is 466 g/mol. The van der Waals surface area contributed by atoms with Crippen molar-refractivity contribution in [1.29, 1.82) is 0 Å². The van der Waals surface area contributed by atoms with Gasteiger partial charge >= 0.3 is 0 Å². The molecule has 7 heteroatoms. The summed E-state index contributed by atoms with van der Waals surface area (Å²) in [6.45, 7) is 8.08. The van der Waals surface area contributed by atoms with E-state index in [1.54, 1.807) is 29.0 Å². The minimum absolute atomic E-state index is 0.146. The fraction of sp³-hybridized carbons (Fsp3) is 0.370. The van der Waals surface area contributed by atoms with Crippen molar-refractivity contribution in [3.8, 4) is 17.3 Å². The van der Waals surface area contributed by atoms with Crippen molar-refractivity contribution in [3.63, 3.8) is 0 Å². The lowest BCUT2D eigenvalue weighted by Gasteiger charge is -2.25. The number of hydrogen-bond donors (Lipinski definition) is 1. The van der Waals surface area contributed by atoms with Crippen LogP contribution in [0.4, 0.5) is 4.39 Å². The number of hydrogen-bond acceptors (Lipinski definition) is 5. The Labute approximate surface area is 200 Å². The Morgan fingerprint density at radius 2 is 1.94 bits per heavy atom. The Bertz CT molecular complexity index is 1080. The maximum Gasteiger partial charge on any atom is 0.227 e. The van der Waals surface area contributed by atoms with Crippen molar-refractivity contribution in [2.24, 2.45) is 5.92 Å². The van der Waals surface area contributed by atoms with Gasteiger partial charge in [-0.15, -0.1) is 6.58 Å². The highest BCUT2D eigenvalue weighted by atomic mass is 19.1. The van der Waals surface area contributed by atoms with Crippen LogP contribution in [0.3, 0.4) is 0 Å². The molecule has 0 aliphatic heterocycles. The molecule has 2 aromatic carbocycles. The van der Waals surface area contributed by atoms with Crippen LogP contribution in [0.1, 0.15) is 24.1 Å². The van der Waals surface area contributed by atoms with E-state index in [1.807, 2.05) is 37.3 Å². The second-order valence-electron chi connectivity index (χ2n) is 8.77. The predicted molar refractivity (Wildman–Crippen MR) is 130 cm³/mol. The molecule has 0 amide bonds. The lowest BCUT2D eigenvalue weighted by Crippen LogP contribution is -2.36. The summed E-state index contributed by atoms with van der Waals surface area (Å²) in [5.41, 5.74) is 2.50. The van der Waals surface area contributed by atoms with E-state index >= 15 is 0 Å². The maximum atomic E-state index is 14.5. The zero-order chi connectivity index (χ0) is 23.9. The van der Waals surface area contributed by atoms with Gasteiger partial charge < -0.3 is 14.6 Å². The smallest absolute Gasteiger partial charge is 0.227 e. The summed E-state index contributed by atoms with van der Waals surface area (Å²) in [6.07, 6.45) is 3.43. The van der Waals surface area contributed by atoms with Gasteiger partial charge in [0.15, 0.2) is 11.6 Å². The van der Waals surface area contributed by atoms with E-state index < -0.39 is 11.9 Å². The SMILES string of the molecule is C=CCOC[C@@H](O)CN(Cc1c(C)nn(-c2ccccc2)c1Oc1ccccc1F)CC1CC1. The molecule has 0 radical (unpaired) electrons. The number of ether oxygens (including phenoxy) is 2. The first kappa shape index (κ1) is 24.1. The number of aryl methyl sites for hydroxylation is 1. The second-order valence-corrected chi connectivity index (χ2v) is 8.77. The molecular weight excluding hydrogens is 433 g/mol. The Morgan fingerprint density at radius 3 is 2.65 bits per heavy atom. The van der Waals surface area contributed by atoms with Crippen LogP contribution in [0.25, 0.3) is 5.69 Å². The summed E-state index contributed by atoms with van der Waals surface area (Å²) in [6, 6.07) is 16.0. The lowest BCUT2D eigenvalue weighted by molar-refractivity contribution is 0.0235. The number of rotatable bonds is 13. The van der Waals surface area contributed by atoms with Crippen LogP contribution in [0.5, 0.6) is 11.6 Å². The highest BCUT2D eigenvalue weighted by Gasteiger charge is 2.28. The van der Waals surface area contributed by atoms with E-state index in [0.29, 0.717) is 31.5 Å². The quantitative estimate of drug-likeness (QED) is 0.288. The number of halogens is 1. The molecule has 0 spiro atoms. The number of nitrogens with zero attached hydrogens (tertiary/aromatic N) is 3. The largest absolute Gasteiger partial charge is 0.435 e. The van der Waals surface area contributed by atoms with E-state index in [9.17, 15) is 9.50 Å². The predicted octanol–water partition coefficient (Wildman–Crippen LogP) is 4.89. The zero-order valence-electron chi connectivity index (χ0n) is 19.6. The number of aliphatic hydroxyl groups excluding tert-OH is 1. The van der Waals surface area contributed by atoms with Gasteiger partial charge in [0.1, 0.15) is 0 Å². The highest BCUT2D eigenvalue weighted by Crippen LogP contribution is 2.34. The van der Waals surface area contributed by atoms with E-state index in [0.717, 1.165) is 23.5 Å². The van der Waals surface area contributed by atoms with Crippen molar-refractivity contribution < 1.29 is 19.0 Å². The molecule has 180 valence electrons. The van der Waals surface area contributed by atoms with Crippen LogP contribution in [0.15, 0.2) is 67.3 Å². The summed E-state index contributed by atoms with van der Waals surface area (Å²) >= 11 is 0. The summed E-state index contributed by atoms with van der Waals surface area (Å²) in [5.74, 6) is 0.817. The summed E-state index contributed by atoms with van der Waals surface area (Å²) < 4.78 is 27.8. The fourth-order valence-corrected chi connectivity index (χ4v) is 3.93. The van der Waals surface area contributed by atoms with Crippen LogP contribution in [0.2, 0.25) is 0 Å². The molecule has 34 heavy (non-hydrogen) atoms. The number of aliphatic hydroxyl groups is 1. The van der Waals surface area contributed by atoms with Crippen LogP contribution < -0.4 is 4.74 Å². The van der Waals surface area contributed by atoms with Gasteiger partial charge in [-0.05, 0) is 49.9 Å². The van der Waals surface area contributed by atoms with E-state index in [2.05, 4.69) is 11.5 Å².